The van der Waals surface area contributed by atoms with Gasteiger partial charge in [0.05, 0.1) is 4.47 Å². The molecule has 0 bridgehead atoms. The van der Waals surface area contributed by atoms with Crippen LogP contribution in [-0.4, -0.2) is 16.1 Å². The minimum atomic E-state index is -0.215. The summed E-state index contributed by atoms with van der Waals surface area (Å²) in [6.45, 7) is 3.05. The minimum Gasteiger partial charge on any atom is -0.338 e. The zero-order chi connectivity index (χ0) is 15.2. The van der Waals surface area contributed by atoms with Crippen molar-refractivity contribution in [1.29, 1.82) is 0 Å². The van der Waals surface area contributed by atoms with Gasteiger partial charge in [0.15, 0.2) is 0 Å². The fourth-order valence-electron chi connectivity index (χ4n) is 2.35. The van der Waals surface area contributed by atoms with Crippen LogP contribution < -0.4 is 5.32 Å². The molecule has 0 aliphatic rings. The molecule has 0 aliphatic heterocycles. The van der Waals surface area contributed by atoms with Gasteiger partial charge in [0.1, 0.15) is 11.6 Å². The zero-order valence-corrected chi connectivity index (χ0v) is 14.0. The molecule has 1 atom stereocenters. The predicted octanol–water partition coefficient (Wildman–Crippen LogP) is 4.00. The number of nitrogens with zero attached hydrogens (tertiary/aromatic N) is 2. The number of benzene rings is 1. The summed E-state index contributed by atoms with van der Waals surface area (Å²) in [5.74, 6) is 0.837. The van der Waals surface area contributed by atoms with Crippen LogP contribution in [-0.2, 0) is 13.5 Å². The van der Waals surface area contributed by atoms with E-state index in [0.29, 0.717) is 4.47 Å². The number of hydrogen-bond donors (Lipinski definition) is 1. The van der Waals surface area contributed by atoms with Crippen LogP contribution in [0.4, 0.5) is 4.39 Å². The van der Waals surface area contributed by atoms with E-state index in [0.717, 1.165) is 37.2 Å². The van der Waals surface area contributed by atoms with Crippen LogP contribution in [0.2, 0.25) is 0 Å². The molecule has 0 saturated heterocycles. The first-order valence-electron chi connectivity index (χ1n) is 7.26. The predicted molar refractivity (Wildman–Crippen MR) is 86.7 cm³/mol. The third-order valence-electron chi connectivity index (χ3n) is 3.56. The molecule has 0 saturated carbocycles. The van der Waals surface area contributed by atoms with Gasteiger partial charge in [-0.25, -0.2) is 9.37 Å². The summed E-state index contributed by atoms with van der Waals surface area (Å²) in [7, 11) is 2.00. The van der Waals surface area contributed by atoms with E-state index in [1.807, 2.05) is 30.1 Å². The largest absolute Gasteiger partial charge is 0.338 e. The molecule has 21 heavy (non-hydrogen) atoms. The second kappa shape index (κ2) is 7.71. The molecule has 1 N–H and O–H groups in total. The maximum atomic E-state index is 13.7. The Hall–Kier alpha value is -1.20. The molecule has 1 aromatic heterocycles. The molecule has 2 aromatic rings. The van der Waals surface area contributed by atoms with Crippen molar-refractivity contribution in [3.63, 3.8) is 0 Å². The number of imidazole rings is 1. The van der Waals surface area contributed by atoms with Gasteiger partial charge in [0, 0.05) is 31.9 Å². The number of aromatic nitrogens is 2. The van der Waals surface area contributed by atoms with Gasteiger partial charge in [0.2, 0.25) is 0 Å². The molecule has 0 aliphatic carbocycles. The van der Waals surface area contributed by atoms with E-state index in [1.54, 1.807) is 12.1 Å². The fourth-order valence-corrected chi connectivity index (χ4v) is 2.59. The Morgan fingerprint density at radius 3 is 2.86 bits per heavy atom. The molecular weight excluding hydrogens is 333 g/mol. The van der Waals surface area contributed by atoms with Gasteiger partial charge in [0.25, 0.3) is 0 Å². The molecule has 1 unspecified atom stereocenters. The van der Waals surface area contributed by atoms with Gasteiger partial charge in [-0.05, 0) is 53.0 Å². The van der Waals surface area contributed by atoms with Crippen LogP contribution in [0.3, 0.4) is 0 Å². The van der Waals surface area contributed by atoms with Gasteiger partial charge >= 0.3 is 0 Å². The van der Waals surface area contributed by atoms with Gasteiger partial charge in [-0.3, -0.25) is 0 Å². The van der Waals surface area contributed by atoms with Gasteiger partial charge < -0.3 is 9.88 Å². The summed E-state index contributed by atoms with van der Waals surface area (Å²) in [5, 5.41) is 3.50. The van der Waals surface area contributed by atoms with Crippen LogP contribution in [0.25, 0.3) is 0 Å². The number of hydrogen-bond acceptors (Lipinski definition) is 2. The highest BCUT2D eigenvalue weighted by Crippen LogP contribution is 2.23. The maximum absolute atomic E-state index is 13.7. The molecular formula is C16H21BrFN3. The number of nitrogens with one attached hydrogen (secondary N) is 1. The summed E-state index contributed by atoms with van der Waals surface area (Å²) in [6.07, 6.45) is 6.57. The Bertz CT molecular complexity index is 583. The Balaban J connectivity index is 2.09. The molecule has 0 radical (unpaired) electrons. The van der Waals surface area contributed by atoms with Crippen LogP contribution in [0.1, 0.15) is 37.2 Å². The Kier molecular flexibility index (Phi) is 5.94. The lowest BCUT2D eigenvalue weighted by Gasteiger charge is -2.19. The van der Waals surface area contributed by atoms with Crippen molar-refractivity contribution >= 4 is 15.9 Å². The average Bonchev–Trinajstić information content (AvgIpc) is 2.88. The highest BCUT2D eigenvalue weighted by atomic mass is 79.9. The van der Waals surface area contributed by atoms with Crippen LogP contribution in [0, 0.1) is 5.82 Å². The topological polar surface area (TPSA) is 29.9 Å². The summed E-state index contributed by atoms with van der Waals surface area (Å²) in [4.78, 5) is 4.35. The van der Waals surface area contributed by atoms with Crippen molar-refractivity contribution in [2.24, 2.45) is 7.05 Å². The monoisotopic (exact) mass is 353 g/mol. The lowest BCUT2D eigenvalue weighted by Crippen LogP contribution is -2.23. The van der Waals surface area contributed by atoms with E-state index >= 15 is 0 Å². The second-order valence-corrected chi connectivity index (χ2v) is 6.03. The van der Waals surface area contributed by atoms with Crippen molar-refractivity contribution in [1.82, 2.24) is 14.9 Å². The van der Waals surface area contributed by atoms with Crippen molar-refractivity contribution < 1.29 is 4.39 Å². The van der Waals surface area contributed by atoms with E-state index < -0.39 is 0 Å². The molecule has 1 heterocycles. The number of rotatable bonds is 7. The summed E-state index contributed by atoms with van der Waals surface area (Å²) >= 11 is 3.20. The summed E-state index contributed by atoms with van der Waals surface area (Å²) in [5.41, 5.74) is 0.985. The molecule has 114 valence electrons. The van der Waals surface area contributed by atoms with Crippen molar-refractivity contribution in [2.75, 3.05) is 6.54 Å². The highest BCUT2D eigenvalue weighted by molar-refractivity contribution is 9.10. The normalized spacial score (nSPS) is 12.6. The average molecular weight is 354 g/mol. The first kappa shape index (κ1) is 16.2. The summed E-state index contributed by atoms with van der Waals surface area (Å²) in [6, 6.07) is 5.49. The SMILES string of the molecule is CCCNC(CCc1nccn1C)c1ccc(Br)c(F)c1. The van der Waals surface area contributed by atoms with Crippen molar-refractivity contribution in [3.8, 4) is 0 Å². The molecule has 0 amide bonds. The summed E-state index contributed by atoms with van der Waals surface area (Å²) < 4.78 is 16.3. The molecule has 1 aromatic carbocycles. The van der Waals surface area contributed by atoms with Crippen molar-refractivity contribution in [2.45, 2.75) is 32.2 Å². The molecule has 5 heteroatoms. The minimum absolute atomic E-state index is 0.143. The third kappa shape index (κ3) is 4.38. The van der Waals surface area contributed by atoms with Crippen molar-refractivity contribution in [3.05, 3.63) is 52.3 Å². The van der Waals surface area contributed by atoms with Gasteiger partial charge in [-0.2, -0.15) is 0 Å². The lowest BCUT2D eigenvalue weighted by molar-refractivity contribution is 0.487. The standard InChI is InChI=1S/C16H21BrFN3/c1-3-8-19-15(6-7-16-20-9-10-21(16)2)12-4-5-13(17)14(18)11-12/h4-5,9-11,15,19H,3,6-8H2,1-2H3. The van der Waals surface area contributed by atoms with E-state index in [2.05, 4.69) is 33.2 Å². The molecule has 0 fully saturated rings. The van der Waals surface area contributed by atoms with E-state index in [4.69, 9.17) is 0 Å². The van der Waals surface area contributed by atoms with Gasteiger partial charge in [-0.15, -0.1) is 0 Å². The fraction of sp³-hybridized carbons (Fsp3) is 0.438. The highest BCUT2D eigenvalue weighted by Gasteiger charge is 2.14. The van der Waals surface area contributed by atoms with E-state index in [-0.39, 0.29) is 11.9 Å². The van der Waals surface area contributed by atoms with Crippen LogP contribution in [0.5, 0.6) is 0 Å². The molecule has 2 rings (SSSR count). The molecule has 3 nitrogen and oxygen atoms in total. The lowest BCUT2D eigenvalue weighted by atomic mass is 10.0. The Labute approximate surface area is 133 Å². The van der Waals surface area contributed by atoms with E-state index in [1.165, 1.54) is 0 Å². The van der Waals surface area contributed by atoms with E-state index in [9.17, 15) is 4.39 Å². The zero-order valence-electron chi connectivity index (χ0n) is 12.4. The first-order valence-corrected chi connectivity index (χ1v) is 8.05. The number of aryl methyl sites for hydroxylation is 2. The third-order valence-corrected chi connectivity index (χ3v) is 4.21. The quantitative estimate of drug-likeness (QED) is 0.815. The van der Waals surface area contributed by atoms with Gasteiger partial charge in [-0.1, -0.05) is 13.0 Å². The Morgan fingerprint density at radius 2 is 2.24 bits per heavy atom. The second-order valence-electron chi connectivity index (χ2n) is 5.17. The maximum Gasteiger partial charge on any atom is 0.137 e. The molecule has 0 spiro atoms. The smallest absolute Gasteiger partial charge is 0.137 e. The number of halogens is 2. The first-order chi connectivity index (χ1) is 10.1. The Morgan fingerprint density at radius 1 is 1.43 bits per heavy atom. The van der Waals surface area contributed by atoms with Crippen LogP contribution in [0.15, 0.2) is 35.1 Å². The van der Waals surface area contributed by atoms with Crippen LogP contribution >= 0.6 is 15.9 Å².